The molecule has 0 unspecified atom stereocenters. The first kappa shape index (κ1) is 12.0. The summed E-state index contributed by atoms with van der Waals surface area (Å²) in [5, 5.41) is 0. The third kappa shape index (κ3) is 3.79. The van der Waals surface area contributed by atoms with Gasteiger partial charge in [-0.1, -0.05) is 30.3 Å². The maximum Gasteiger partial charge on any atom is 0.151 e. The van der Waals surface area contributed by atoms with Gasteiger partial charge in [-0.15, -0.1) is 0 Å². The third-order valence-electron chi connectivity index (χ3n) is 3.06. The predicted molar refractivity (Wildman–Crippen MR) is 65.8 cm³/mol. The molecule has 0 bridgehead atoms. The summed E-state index contributed by atoms with van der Waals surface area (Å²) < 4.78 is 0. The number of piperidine rings is 1. The van der Waals surface area contributed by atoms with Gasteiger partial charge in [0, 0.05) is 32.4 Å². The highest BCUT2D eigenvalue weighted by molar-refractivity contribution is 5.83. The van der Waals surface area contributed by atoms with Gasteiger partial charge in [0.05, 0.1) is 6.54 Å². The number of benzene rings is 1. The Bertz CT molecular complexity index is 390. The van der Waals surface area contributed by atoms with Crippen molar-refractivity contribution in [2.45, 2.75) is 19.3 Å². The smallest absolute Gasteiger partial charge is 0.151 e. The van der Waals surface area contributed by atoms with Crippen molar-refractivity contribution >= 4 is 11.6 Å². The van der Waals surface area contributed by atoms with E-state index < -0.39 is 0 Å². The van der Waals surface area contributed by atoms with Crippen LogP contribution in [0.5, 0.6) is 0 Å². The van der Waals surface area contributed by atoms with Gasteiger partial charge in [0.2, 0.25) is 0 Å². The minimum absolute atomic E-state index is 0.227. The van der Waals surface area contributed by atoms with E-state index in [9.17, 15) is 9.59 Å². The molecule has 0 radical (unpaired) electrons. The predicted octanol–water partition coefficient (Wildman–Crippen LogP) is 1.46. The van der Waals surface area contributed by atoms with Crippen molar-refractivity contribution in [2.24, 2.45) is 0 Å². The van der Waals surface area contributed by atoms with Crippen LogP contribution in [0.3, 0.4) is 0 Å². The number of likely N-dealkylation sites (tertiary alicyclic amines) is 1. The standard InChI is InChI=1S/C14H17NO2/c16-13-6-8-15(9-7-13)11-14(17)10-12-4-2-1-3-5-12/h1-5H,6-11H2. The van der Waals surface area contributed by atoms with Gasteiger partial charge in [0.1, 0.15) is 5.78 Å². The molecule has 1 aromatic rings. The lowest BCUT2D eigenvalue weighted by Gasteiger charge is -2.24. The largest absolute Gasteiger partial charge is 0.300 e. The second-order valence-electron chi connectivity index (χ2n) is 4.52. The molecule has 0 aromatic heterocycles. The van der Waals surface area contributed by atoms with Gasteiger partial charge in [-0.25, -0.2) is 0 Å². The van der Waals surface area contributed by atoms with Crippen LogP contribution in [0.25, 0.3) is 0 Å². The number of nitrogens with zero attached hydrogens (tertiary/aromatic N) is 1. The van der Waals surface area contributed by atoms with Crippen molar-refractivity contribution in [2.75, 3.05) is 19.6 Å². The van der Waals surface area contributed by atoms with Crippen LogP contribution in [0.4, 0.5) is 0 Å². The maximum atomic E-state index is 11.8. The summed E-state index contributed by atoms with van der Waals surface area (Å²) in [6.45, 7) is 1.95. The molecule has 1 heterocycles. The Morgan fingerprint density at radius 3 is 2.41 bits per heavy atom. The fourth-order valence-electron chi connectivity index (χ4n) is 2.09. The summed E-state index contributed by atoms with van der Waals surface area (Å²) in [6, 6.07) is 9.78. The molecule has 1 saturated heterocycles. The van der Waals surface area contributed by atoms with Crippen molar-refractivity contribution in [3.8, 4) is 0 Å². The molecule has 0 N–H and O–H groups in total. The summed E-state index contributed by atoms with van der Waals surface area (Å²) in [7, 11) is 0. The van der Waals surface area contributed by atoms with Gasteiger partial charge < -0.3 is 0 Å². The van der Waals surface area contributed by atoms with E-state index in [-0.39, 0.29) is 5.78 Å². The van der Waals surface area contributed by atoms with Crippen molar-refractivity contribution < 1.29 is 9.59 Å². The molecule has 1 aromatic carbocycles. The molecule has 0 saturated carbocycles. The molecule has 0 spiro atoms. The van der Waals surface area contributed by atoms with Gasteiger partial charge in [-0.3, -0.25) is 14.5 Å². The molecule has 1 aliphatic rings. The molecule has 3 nitrogen and oxygen atoms in total. The van der Waals surface area contributed by atoms with Gasteiger partial charge in [-0.05, 0) is 5.56 Å². The zero-order valence-electron chi connectivity index (χ0n) is 9.89. The van der Waals surface area contributed by atoms with Crippen LogP contribution in [0.1, 0.15) is 18.4 Å². The number of Topliss-reactive ketones (excluding diaryl/α,β-unsaturated/α-hetero) is 2. The first-order valence-corrected chi connectivity index (χ1v) is 6.04. The molecule has 90 valence electrons. The monoisotopic (exact) mass is 231 g/mol. The molecule has 17 heavy (non-hydrogen) atoms. The van der Waals surface area contributed by atoms with Gasteiger partial charge in [0.25, 0.3) is 0 Å². The van der Waals surface area contributed by atoms with Crippen molar-refractivity contribution in [3.05, 3.63) is 35.9 Å². The zero-order valence-corrected chi connectivity index (χ0v) is 9.89. The molecular weight excluding hydrogens is 214 g/mol. The summed E-state index contributed by atoms with van der Waals surface area (Å²) >= 11 is 0. The Kier molecular flexibility index (Phi) is 4.04. The lowest BCUT2D eigenvalue weighted by atomic mass is 10.1. The lowest BCUT2D eigenvalue weighted by Crippen LogP contribution is -2.37. The number of carbonyl (C=O) groups excluding carboxylic acids is 2. The summed E-state index contributed by atoms with van der Waals surface area (Å²) in [5.41, 5.74) is 1.06. The van der Waals surface area contributed by atoms with Crippen LogP contribution < -0.4 is 0 Å². The summed E-state index contributed by atoms with van der Waals surface area (Å²) in [4.78, 5) is 25.0. The Morgan fingerprint density at radius 1 is 1.12 bits per heavy atom. The second kappa shape index (κ2) is 5.73. The molecular formula is C14H17NO2. The summed E-state index contributed by atoms with van der Waals surface area (Å²) in [6.07, 6.45) is 1.68. The molecule has 1 aliphatic heterocycles. The minimum Gasteiger partial charge on any atom is -0.300 e. The Balaban J connectivity index is 1.80. The SMILES string of the molecule is O=C1CCN(CC(=O)Cc2ccccc2)CC1. The summed E-state index contributed by atoms with van der Waals surface area (Å²) in [5.74, 6) is 0.544. The number of ketones is 2. The highest BCUT2D eigenvalue weighted by Crippen LogP contribution is 2.07. The van der Waals surface area contributed by atoms with Crippen molar-refractivity contribution in [3.63, 3.8) is 0 Å². The Morgan fingerprint density at radius 2 is 1.76 bits per heavy atom. The quantitative estimate of drug-likeness (QED) is 0.787. The van der Waals surface area contributed by atoms with Gasteiger partial charge >= 0.3 is 0 Å². The molecule has 0 atom stereocenters. The first-order chi connectivity index (χ1) is 8.24. The first-order valence-electron chi connectivity index (χ1n) is 6.04. The Hall–Kier alpha value is -1.48. The topological polar surface area (TPSA) is 37.4 Å². The van der Waals surface area contributed by atoms with E-state index in [4.69, 9.17) is 0 Å². The lowest BCUT2D eigenvalue weighted by molar-refractivity contribution is -0.124. The number of hydrogen-bond donors (Lipinski definition) is 0. The fraction of sp³-hybridized carbons (Fsp3) is 0.429. The minimum atomic E-state index is 0.227. The van der Waals surface area contributed by atoms with Crippen LogP contribution in [0, 0.1) is 0 Å². The van der Waals surface area contributed by atoms with E-state index in [1.807, 2.05) is 30.3 Å². The third-order valence-corrected chi connectivity index (χ3v) is 3.06. The molecule has 3 heteroatoms. The van der Waals surface area contributed by atoms with Crippen LogP contribution >= 0.6 is 0 Å². The van der Waals surface area contributed by atoms with Gasteiger partial charge in [-0.2, -0.15) is 0 Å². The number of carbonyl (C=O) groups is 2. The van der Waals surface area contributed by atoms with Crippen LogP contribution in [0.2, 0.25) is 0 Å². The molecule has 0 amide bonds. The van der Waals surface area contributed by atoms with Crippen LogP contribution in [0.15, 0.2) is 30.3 Å². The van der Waals surface area contributed by atoms with E-state index in [0.29, 0.717) is 31.6 Å². The highest BCUT2D eigenvalue weighted by atomic mass is 16.1. The van der Waals surface area contributed by atoms with Crippen LogP contribution in [-0.2, 0) is 16.0 Å². The molecule has 0 aliphatic carbocycles. The molecule has 2 rings (SSSR count). The van der Waals surface area contributed by atoms with E-state index in [1.54, 1.807) is 0 Å². The van der Waals surface area contributed by atoms with E-state index in [0.717, 1.165) is 18.7 Å². The fourth-order valence-corrected chi connectivity index (χ4v) is 2.09. The van der Waals surface area contributed by atoms with E-state index >= 15 is 0 Å². The average molecular weight is 231 g/mol. The van der Waals surface area contributed by atoms with Crippen molar-refractivity contribution in [1.29, 1.82) is 0 Å². The maximum absolute atomic E-state index is 11.8. The zero-order chi connectivity index (χ0) is 12.1. The number of rotatable bonds is 4. The van der Waals surface area contributed by atoms with Gasteiger partial charge in [0.15, 0.2) is 5.78 Å². The Labute approximate surface area is 101 Å². The highest BCUT2D eigenvalue weighted by Gasteiger charge is 2.18. The van der Waals surface area contributed by atoms with E-state index in [2.05, 4.69) is 4.90 Å². The van der Waals surface area contributed by atoms with E-state index in [1.165, 1.54) is 0 Å². The average Bonchev–Trinajstić information content (AvgIpc) is 2.33. The van der Waals surface area contributed by atoms with Crippen molar-refractivity contribution in [1.82, 2.24) is 4.90 Å². The normalized spacial score (nSPS) is 17.1. The second-order valence-corrected chi connectivity index (χ2v) is 4.52. The van der Waals surface area contributed by atoms with Crippen LogP contribution in [-0.4, -0.2) is 36.1 Å². The molecule has 1 fully saturated rings. The number of hydrogen-bond acceptors (Lipinski definition) is 3.